The Bertz CT molecular complexity index is 792. The number of hydrogen-bond acceptors (Lipinski definition) is 4. The van der Waals surface area contributed by atoms with Gasteiger partial charge in [0.1, 0.15) is 0 Å². The molecule has 3 rings (SSSR count). The summed E-state index contributed by atoms with van der Waals surface area (Å²) in [5.74, 6) is 0.282. The summed E-state index contributed by atoms with van der Waals surface area (Å²) >= 11 is 0. The number of aromatic nitrogens is 3. The molecule has 1 aliphatic heterocycles. The molecule has 7 nitrogen and oxygen atoms in total. The standard InChI is InChI=1S/C19H27N5O2/c1-4-24-9-5-6-15(18(24)16-11-21-23(3)13-16)12-22(2)19(26)14-7-8-17(25)20-10-14/h7-8,10-11,13,15,18H,4-6,9,12H2,1-3H3,(H,20,25)/t15-,18+/m0/s1. The second kappa shape index (κ2) is 7.86. The number of pyridine rings is 1. The lowest BCUT2D eigenvalue weighted by molar-refractivity contribution is 0.0588. The summed E-state index contributed by atoms with van der Waals surface area (Å²) in [7, 11) is 3.77. The van der Waals surface area contributed by atoms with Crippen LogP contribution in [0.1, 0.15) is 41.7 Å². The van der Waals surface area contributed by atoms with Gasteiger partial charge in [-0.15, -0.1) is 0 Å². The first kappa shape index (κ1) is 18.4. The van der Waals surface area contributed by atoms with Crippen LogP contribution in [0.25, 0.3) is 0 Å². The largest absolute Gasteiger partial charge is 0.341 e. The van der Waals surface area contributed by atoms with Crippen molar-refractivity contribution in [2.75, 3.05) is 26.7 Å². The van der Waals surface area contributed by atoms with Gasteiger partial charge in [0.05, 0.1) is 11.8 Å². The number of carbonyl (C=O) groups excluding carboxylic acids is 1. The van der Waals surface area contributed by atoms with Gasteiger partial charge in [0.15, 0.2) is 0 Å². The molecule has 2 atom stereocenters. The van der Waals surface area contributed by atoms with Crippen molar-refractivity contribution in [2.45, 2.75) is 25.8 Å². The van der Waals surface area contributed by atoms with Gasteiger partial charge in [-0.05, 0) is 37.9 Å². The summed E-state index contributed by atoms with van der Waals surface area (Å²) in [4.78, 5) is 30.7. The predicted octanol–water partition coefficient (Wildman–Crippen LogP) is 1.65. The molecule has 0 unspecified atom stereocenters. The molecule has 0 radical (unpaired) electrons. The van der Waals surface area contributed by atoms with E-state index >= 15 is 0 Å². The highest BCUT2D eigenvalue weighted by molar-refractivity contribution is 5.93. The molecule has 1 fully saturated rings. The predicted molar refractivity (Wildman–Crippen MR) is 99.9 cm³/mol. The Morgan fingerprint density at radius 3 is 2.85 bits per heavy atom. The van der Waals surface area contributed by atoms with Crippen LogP contribution in [0.4, 0.5) is 0 Å². The van der Waals surface area contributed by atoms with Gasteiger partial charge in [0.25, 0.3) is 5.91 Å². The molecule has 0 spiro atoms. The second-order valence-corrected chi connectivity index (χ2v) is 7.05. The third kappa shape index (κ3) is 3.88. The fourth-order valence-electron chi connectivity index (χ4n) is 3.97. The summed E-state index contributed by atoms with van der Waals surface area (Å²) in [6.45, 7) is 4.91. The molecule has 2 aromatic rings. The van der Waals surface area contributed by atoms with Crippen LogP contribution >= 0.6 is 0 Å². The Morgan fingerprint density at radius 2 is 2.23 bits per heavy atom. The SMILES string of the molecule is CCN1CCC[C@@H](CN(C)C(=O)c2ccc(=O)[nH]c2)[C@@H]1c1cnn(C)c1. The number of carbonyl (C=O) groups is 1. The van der Waals surface area contributed by atoms with E-state index in [1.54, 1.807) is 11.0 Å². The lowest BCUT2D eigenvalue weighted by atomic mass is 9.85. The van der Waals surface area contributed by atoms with Gasteiger partial charge in [-0.2, -0.15) is 5.10 Å². The number of rotatable bonds is 5. The molecule has 0 aliphatic carbocycles. The molecular formula is C19H27N5O2. The molecule has 1 saturated heterocycles. The molecule has 3 heterocycles. The Hall–Kier alpha value is -2.41. The van der Waals surface area contributed by atoms with Crippen molar-refractivity contribution in [1.82, 2.24) is 24.6 Å². The molecular weight excluding hydrogens is 330 g/mol. The minimum atomic E-state index is -0.202. The first-order valence-corrected chi connectivity index (χ1v) is 9.16. The van der Waals surface area contributed by atoms with Crippen molar-refractivity contribution in [3.63, 3.8) is 0 Å². The Labute approximate surface area is 153 Å². The average Bonchev–Trinajstić information content (AvgIpc) is 3.07. The van der Waals surface area contributed by atoms with E-state index in [1.165, 1.54) is 17.8 Å². The molecule has 0 saturated carbocycles. The molecule has 2 aromatic heterocycles. The van der Waals surface area contributed by atoms with Crippen molar-refractivity contribution in [2.24, 2.45) is 13.0 Å². The second-order valence-electron chi connectivity index (χ2n) is 7.05. The van der Waals surface area contributed by atoms with E-state index < -0.39 is 0 Å². The summed E-state index contributed by atoms with van der Waals surface area (Å²) in [5, 5.41) is 4.34. The topological polar surface area (TPSA) is 74.2 Å². The van der Waals surface area contributed by atoms with Gasteiger partial charge in [-0.25, -0.2) is 0 Å². The molecule has 140 valence electrons. The third-order valence-electron chi connectivity index (χ3n) is 5.22. The van der Waals surface area contributed by atoms with E-state index in [0.717, 1.165) is 25.9 Å². The normalized spacial score (nSPS) is 20.9. The summed E-state index contributed by atoms with van der Waals surface area (Å²) in [5.41, 5.74) is 1.52. The summed E-state index contributed by atoms with van der Waals surface area (Å²) in [6.07, 6.45) is 7.72. The highest BCUT2D eigenvalue weighted by atomic mass is 16.2. The number of aromatic amines is 1. The van der Waals surface area contributed by atoms with Crippen LogP contribution in [0.5, 0.6) is 0 Å². The average molecular weight is 357 g/mol. The number of hydrogen-bond donors (Lipinski definition) is 1. The molecule has 7 heteroatoms. The third-order valence-corrected chi connectivity index (χ3v) is 5.22. The maximum atomic E-state index is 12.7. The Balaban J connectivity index is 1.78. The summed E-state index contributed by atoms with van der Waals surface area (Å²) in [6, 6.07) is 3.24. The minimum Gasteiger partial charge on any atom is -0.341 e. The highest BCUT2D eigenvalue weighted by Crippen LogP contribution is 2.36. The number of likely N-dealkylation sites (tertiary alicyclic amines) is 1. The quantitative estimate of drug-likeness (QED) is 0.883. The van der Waals surface area contributed by atoms with Crippen LogP contribution in [-0.4, -0.2) is 57.2 Å². The lowest BCUT2D eigenvalue weighted by Crippen LogP contribution is -2.44. The highest BCUT2D eigenvalue weighted by Gasteiger charge is 2.34. The van der Waals surface area contributed by atoms with Crippen LogP contribution in [0.15, 0.2) is 35.5 Å². The van der Waals surface area contributed by atoms with Gasteiger partial charge in [0.2, 0.25) is 5.56 Å². The number of aryl methyl sites for hydroxylation is 1. The van der Waals surface area contributed by atoms with E-state index in [-0.39, 0.29) is 17.5 Å². The zero-order chi connectivity index (χ0) is 18.7. The van der Waals surface area contributed by atoms with Crippen LogP contribution in [-0.2, 0) is 7.05 Å². The van der Waals surface area contributed by atoms with E-state index in [0.29, 0.717) is 18.0 Å². The van der Waals surface area contributed by atoms with Crippen LogP contribution < -0.4 is 5.56 Å². The summed E-state index contributed by atoms with van der Waals surface area (Å²) < 4.78 is 1.84. The van der Waals surface area contributed by atoms with Gasteiger partial charge < -0.3 is 9.88 Å². The molecule has 0 bridgehead atoms. The van der Waals surface area contributed by atoms with Gasteiger partial charge in [-0.1, -0.05) is 6.92 Å². The van der Waals surface area contributed by atoms with Crippen molar-refractivity contribution in [1.29, 1.82) is 0 Å². The van der Waals surface area contributed by atoms with E-state index in [4.69, 9.17) is 0 Å². The van der Waals surface area contributed by atoms with Gasteiger partial charge in [0, 0.05) is 50.7 Å². The van der Waals surface area contributed by atoms with Crippen molar-refractivity contribution in [3.8, 4) is 0 Å². The fraction of sp³-hybridized carbons (Fsp3) is 0.526. The van der Waals surface area contributed by atoms with Crippen LogP contribution in [0, 0.1) is 5.92 Å². The number of nitrogens with one attached hydrogen (secondary N) is 1. The monoisotopic (exact) mass is 357 g/mol. The molecule has 26 heavy (non-hydrogen) atoms. The van der Waals surface area contributed by atoms with E-state index in [1.807, 2.05) is 25.0 Å². The fourth-order valence-corrected chi connectivity index (χ4v) is 3.97. The number of nitrogens with zero attached hydrogens (tertiary/aromatic N) is 4. The Morgan fingerprint density at radius 1 is 1.42 bits per heavy atom. The lowest BCUT2D eigenvalue weighted by Gasteiger charge is -2.42. The first-order valence-electron chi connectivity index (χ1n) is 9.16. The van der Waals surface area contributed by atoms with Crippen LogP contribution in [0.3, 0.4) is 0 Å². The number of H-pyrrole nitrogens is 1. The van der Waals surface area contributed by atoms with E-state index in [2.05, 4.69) is 28.1 Å². The zero-order valence-electron chi connectivity index (χ0n) is 15.7. The molecule has 1 N–H and O–H groups in total. The first-order chi connectivity index (χ1) is 12.5. The number of amides is 1. The molecule has 1 aliphatic rings. The van der Waals surface area contributed by atoms with Crippen LogP contribution in [0.2, 0.25) is 0 Å². The van der Waals surface area contributed by atoms with Gasteiger partial charge >= 0.3 is 0 Å². The van der Waals surface area contributed by atoms with Crippen molar-refractivity contribution < 1.29 is 4.79 Å². The van der Waals surface area contributed by atoms with Gasteiger partial charge in [-0.3, -0.25) is 19.2 Å². The smallest absolute Gasteiger partial charge is 0.255 e. The maximum Gasteiger partial charge on any atom is 0.255 e. The zero-order valence-corrected chi connectivity index (χ0v) is 15.7. The Kier molecular flexibility index (Phi) is 5.56. The van der Waals surface area contributed by atoms with Crippen molar-refractivity contribution in [3.05, 3.63) is 52.2 Å². The number of piperidine rings is 1. The van der Waals surface area contributed by atoms with E-state index in [9.17, 15) is 9.59 Å². The molecule has 1 amide bonds. The van der Waals surface area contributed by atoms with Crippen molar-refractivity contribution >= 4 is 5.91 Å². The molecule has 0 aromatic carbocycles. The minimum absolute atomic E-state index is 0.0696. The maximum absolute atomic E-state index is 12.7.